The Labute approximate surface area is 117 Å². The number of nitrogens with zero attached hydrogens (tertiary/aromatic N) is 1. The molecule has 1 aliphatic rings. The monoisotopic (exact) mass is 302 g/mol. The van der Waals surface area contributed by atoms with Crippen molar-refractivity contribution in [2.75, 3.05) is 12.8 Å². The number of piperidine rings is 1. The normalized spacial score (nSPS) is 21.2. The van der Waals surface area contributed by atoms with Gasteiger partial charge in [-0.05, 0) is 24.3 Å². The SMILES string of the molecule is CS(=O)(=O)N1CCCC[C@H]1C(=O)NCc1cccs1. The summed E-state index contributed by atoms with van der Waals surface area (Å²) in [6, 6.07) is 3.32. The summed E-state index contributed by atoms with van der Waals surface area (Å²) in [6.07, 6.45) is 3.48. The fourth-order valence-corrected chi connectivity index (χ4v) is 4.04. The van der Waals surface area contributed by atoms with Crippen LogP contribution in [0.5, 0.6) is 0 Å². The number of carbonyl (C=O) groups is 1. The zero-order valence-electron chi connectivity index (χ0n) is 10.8. The van der Waals surface area contributed by atoms with Gasteiger partial charge in [-0.2, -0.15) is 4.31 Å². The number of nitrogens with one attached hydrogen (secondary N) is 1. The van der Waals surface area contributed by atoms with Crippen LogP contribution in [0.15, 0.2) is 17.5 Å². The van der Waals surface area contributed by atoms with Gasteiger partial charge >= 0.3 is 0 Å². The first-order valence-corrected chi connectivity index (χ1v) is 8.98. The van der Waals surface area contributed by atoms with Crippen molar-refractivity contribution in [2.45, 2.75) is 31.8 Å². The van der Waals surface area contributed by atoms with Gasteiger partial charge in [-0.3, -0.25) is 4.79 Å². The van der Waals surface area contributed by atoms with E-state index >= 15 is 0 Å². The Balaban J connectivity index is 1.99. The number of rotatable bonds is 4. The Morgan fingerprint density at radius 1 is 1.53 bits per heavy atom. The Morgan fingerprint density at radius 2 is 2.32 bits per heavy atom. The van der Waals surface area contributed by atoms with Crippen LogP contribution in [0.1, 0.15) is 24.1 Å². The minimum Gasteiger partial charge on any atom is -0.350 e. The van der Waals surface area contributed by atoms with E-state index in [9.17, 15) is 13.2 Å². The van der Waals surface area contributed by atoms with Gasteiger partial charge in [0.2, 0.25) is 15.9 Å². The molecule has 1 saturated heterocycles. The molecule has 0 aromatic carbocycles. The third-order valence-electron chi connectivity index (χ3n) is 3.20. The molecule has 7 heteroatoms. The van der Waals surface area contributed by atoms with Gasteiger partial charge in [0.1, 0.15) is 6.04 Å². The Kier molecular flexibility index (Phi) is 4.59. The Morgan fingerprint density at radius 3 is 2.95 bits per heavy atom. The van der Waals surface area contributed by atoms with E-state index < -0.39 is 16.1 Å². The molecule has 1 aromatic rings. The first kappa shape index (κ1) is 14.5. The van der Waals surface area contributed by atoms with Crippen LogP contribution in [-0.2, 0) is 21.4 Å². The van der Waals surface area contributed by atoms with Crippen LogP contribution >= 0.6 is 11.3 Å². The molecule has 0 spiro atoms. The molecule has 1 fully saturated rings. The summed E-state index contributed by atoms with van der Waals surface area (Å²) >= 11 is 1.57. The van der Waals surface area contributed by atoms with Crippen LogP contribution in [0.4, 0.5) is 0 Å². The summed E-state index contributed by atoms with van der Waals surface area (Å²) in [5.74, 6) is -0.196. The molecule has 2 rings (SSSR count). The van der Waals surface area contributed by atoms with E-state index in [0.717, 1.165) is 24.0 Å². The number of carbonyl (C=O) groups excluding carboxylic acids is 1. The average molecular weight is 302 g/mol. The largest absolute Gasteiger partial charge is 0.350 e. The predicted molar refractivity (Wildman–Crippen MR) is 75.4 cm³/mol. The third kappa shape index (κ3) is 3.77. The number of amides is 1. The van der Waals surface area contributed by atoms with E-state index in [1.165, 1.54) is 4.31 Å². The summed E-state index contributed by atoms with van der Waals surface area (Å²) in [6.45, 7) is 0.903. The van der Waals surface area contributed by atoms with Crippen LogP contribution in [0.25, 0.3) is 0 Å². The highest BCUT2D eigenvalue weighted by atomic mass is 32.2. The highest BCUT2D eigenvalue weighted by Gasteiger charge is 2.34. The van der Waals surface area contributed by atoms with Crippen molar-refractivity contribution in [3.05, 3.63) is 22.4 Å². The minimum absolute atomic E-state index is 0.196. The van der Waals surface area contributed by atoms with Gasteiger partial charge in [-0.25, -0.2) is 8.42 Å². The first-order chi connectivity index (χ1) is 8.98. The standard InChI is InChI=1S/C12H18N2O3S2/c1-19(16,17)14-7-3-2-6-11(14)12(15)13-9-10-5-4-8-18-10/h4-5,8,11H,2-3,6-7,9H2,1H3,(H,13,15)/t11-/m0/s1. The zero-order valence-corrected chi connectivity index (χ0v) is 12.5. The van der Waals surface area contributed by atoms with Crippen LogP contribution in [0, 0.1) is 0 Å². The van der Waals surface area contributed by atoms with E-state index in [-0.39, 0.29) is 5.91 Å². The van der Waals surface area contributed by atoms with Crippen molar-refractivity contribution in [3.63, 3.8) is 0 Å². The fourth-order valence-electron chi connectivity index (χ4n) is 2.27. The van der Waals surface area contributed by atoms with Crippen molar-refractivity contribution >= 4 is 27.3 Å². The molecule has 0 saturated carbocycles. The number of sulfonamides is 1. The van der Waals surface area contributed by atoms with Crippen molar-refractivity contribution in [3.8, 4) is 0 Å². The fraction of sp³-hybridized carbons (Fsp3) is 0.583. The maximum Gasteiger partial charge on any atom is 0.238 e. The summed E-state index contributed by atoms with van der Waals surface area (Å²) in [7, 11) is -3.32. The molecule has 0 unspecified atom stereocenters. The van der Waals surface area contributed by atoms with E-state index in [4.69, 9.17) is 0 Å². The highest BCUT2D eigenvalue weighted by Crippen LogP contribution is 2.20. The molecule has 19 heavy (non-hydrogen) atoms. The Hall–Kier alpha value is -0.920. The first-order valence-electron chi connectivity index (χ1n) is 6.25. The lowest BCUT2D eigenvalue weighted by Crippen LogP contribution is -2.51. The number of thiophene rings is 1. The molecule has 1 aromatic heterocycles. The van der Waals surface area contributed by atoms with Gasteiger partial charge in [-0.15, -0.1) is 11.3 Å². The molecule has 106 valence electrons. The average Bonchev–Trinajstić information content (AvgIpc) is 2.88. The van der Waals surface area contributed by atoms with Gasteiger partial charge < -0.3 is 5.32 Å². The third-order valence-corrected chi connectivity index (χ3v) is 5.36. The smallest absolute Gasteiger partial charge is 0.238 e. The van der Waals surface area contributed by atoms with Crippen molar-refractivity contribution in [1.29, 1.82) is 0 Å². The van der Waals surface area contributed by atoms with E-state index in [1.54, 1.807) is 11.3 Å². The van der Waals surface area contributed by atoms with Gasteiger partial charge in [0.05, 0.1) is 12.8 Å². The minimum atomic E-state index is -3.32. The lowest BCUT2D eigenvalue weighted by atomic mass is 10.0. The summed E-state index contributed by atoms with van der Waals surface area (Å²) in [5.41, 5.74) is 0. The molecule has 1 aliphatic heterocycles. The molecule has 0 aliphatic carbocycles. The van der Waals surface area contributed by atoms with Crippen LogP contribution in [0.3, 0.4) is 0 Å². The van der Waals surface area contributed by atoms with Crippen LogP contribution in [0.2, 0.25) is 0 Å². The highest BCUT2D eigenvalue weighted by molar-refractivity contribution is 7.88. The maximum atomic E-state index is 12.1. The molecule has 0 bridgehead atoms. The number of hydrogen-bond donors (Lipinski definition) is 1. The molecule has 1 amide bonds. The van der Waals surface area contributed by atoms with Gasteiger partial charge in [0.15, 0.2) is 0 Å². The van der Waals surface area contributed by atoms with Crippen molar-refractivity contribution in [1.82, 2.24) is 9.62 Å². The van der Waals surface area contributed by atoms with Crippen molar-refractivity contribution < 1.29 is 13.2 Å². The summed E-state index contributed by atoms with van der Waals surface area (Å²) < 4.78 is 24.7. The summed E-state index contributed by atoms with van der Waals surface area (Å²) in [5, 5.41) is 4.77. The zero-order chi connectivity index (χ0) is 13.9. The maximum absolute atomic E-state index is 12.1. The molecular weight excluding hydrogens is 284 g/mol. The van der Waals surface area contributed by atoms with Crippen LogP contribution in [-0.4, -0.2) is 37.5 Å². The van der Waals surface area contributed by atoms with E-state index in [0.29, 0.717) is 19.5 Å². The van der Waals surface area contributed by atoms with Gasteiger partial charge in [0, 0.05) is 11.4 Å². The second-order valence-electron chi connectivity index (χ2n) is 4.68. The predicted octanol–water partition coefficient (Wildman–Crippen LogP) is 1.18. The second-order valence-corrected chi connectivity index (χ2v) is 7.65. The van der Waals surface area contributed by atoms with Gasteiger partial charge in [-0.1, -0.05) is 12.5 Å². The van der Waals surface area contributed by atoms with E-state index in [1.807, 2.05) is 17.5 Å². The van der Waals surface area contributed by atoms with Gasteiger partial charge in [0.25, 0.3) is 0 Å². The molecule has 1 N–H and O–H groups in total. The molecular formula is C12H18N2O3S2. The van der Waals surface area contributed by atoms with Crippen molar-refractivity contribution in [2.24, 2.45) is 0 Å². The van der Waals surface area contributed by atoms with Crippen LogP contribution < -0.4 is 5.32 Å². The summed E-state index contributed by atoms with van der Waals surface area (Å²) in [4.78, 5) is 13.2. The Bertz CT molecular complexity index is 525. The molecule has 2 heterocycles. The lowest BCUT2D eigenvalue weighted by Gasteiger charge is -2.32. The number of hydrogen-bond acceptors (Lipinski definition) is 4. The topological polar surface area (TPSA) is 66.5 Å². The molecule has 0 radical (unpaired) electrons. The molecule has 1 atom stereocenters. The quantitative estimate of drug-likeness (QED) is 0.908. The second kappa shape index (κ2) is 6.02. The molecule has 5 nitrogen and oxygen atoms in total. The van der Waals surface area contributed by atoms with E-state index in [2.05, 4.69) is 5.32 Å². The lowest BCUT2D eigenvalue weighted by molar-refractivity contribution is -0.125.